The number of pyridine rings is 2. The average Bonchev–Trinajstić information content (AvgIpc) is 3.11. The van der Waals surface area contributed by atoms with Crippen molar-refractivity contribution in [3.05, 3.63) is 41.8 Å². The lowest BCUT2D eigenvalue weighted by Crippen LogP contribution is -2.15. The van der Waals surface area contributed by atoms with Gasteiger partial charge in [0, 0.05) is 12.4 Å². The number of hydrogen-bond acceptors (Lipinski definition) is 7. The van der Waals surface area contributed by atoms with E-state index in [9.17, 15) is 8.42 Å². The van der Waals surface area contributed by atoms with Gasteiger partial charge < -0.3 is 9.47 Å². The van der Waals surface area contributed by atoms with Crippen LogP contribution in [-0.2, 0) is 10.0 Å². The maximum absolute atomic E-state index is 12.9. The summed E-state index contributed by atoms with van der Waals surface area (Å²) in [4.78, 5) is 7.99. The molecule has 1 aliphatic rings. The molecule has 9 nitrogen and oxygen atoms in total. The standard InChI is InChI=1S/C17H16ClN5O4S/c1-10-9-27-16-13(14-3-4-21-23(10)14)6-12(8-20-16)22-28(24,25)15-5-11(18)7-19-17(15)26-2/h3-8,10,22H,9H2,1-2H3/t10-/m0/s1. The molecule has 3 aromatic rings. The molecular weight excluding hydrogens is 406 g/mol. The van der Waals surface area contributed by atoms with E-state index in [4.69, 9.17) is 21.1 Å². The summed E-state index contributed by atoms with van der Waals surface area (Å²) in [6.07, 6.45) is 4.38. The third-order valence-electron chi connectivity index (χ3n) is 4.20. The Labute approximate surface area is 166 Å². The second kappa shape index (κ2) is 6.95. The monoisotopic (exact) mass is 421 g/mol. The summed E-state index contributed by atoms with van der Waals surface area (Å²) in [5, 5.41) is 4.49. The number of methoxy groups -OCH3 is 1. The van der Waals surface area contributed by atoms with Crippen molar-refractivity contribution in [3.8, 4) is 23.0 Å². The molecule has 0 unspecified atom stereocenters. The average molecular weight is 422 g/mol. The van der Waals surface area contributed by atoms with E-state index in [2.05, 4.69) is 19.8 Å². The fourth-order valence-corrected chi connectivity index (χ4v) is 4.32. The molecule has 0 spiro atoms. The molecule has 4 heterocycles. The van der Waals surface area contributed by atoms with Crippen molar-refractivity contribution < 1.29 is 17.9 Å². The highest BCUT2D eigenvalue weighted by Crippen LogP contribution is 2.35. The minimum absolute atomic E-state index is 0.0149. The molecule has 0 fully saturated rings. The maximum atomic E-state index is 12.9. The Bertz CT molecular complexity index is 1150. The molecule has 1 N–H and O–H groups in total. The molecule has 0 amide bonds. The van der Waals surface area contributed by atoms with E-state index >= 15 is 0 Å². The second-order valence-corrected chi connectivity index (χ2v) is 8.25. The SMILES string of the molecule is COc1ncc(Cl)cc1S(=O)(=O)Nc1cnc2c(c1)-c1ccnn1[C@@H](C)CO2. The molecule has 0 radical (unpaired) electrons. The molecule has 28 heavy (non-hydrogen) atoms. The van der Waals surface area contributed by atoms with E-state index < -0.39 is 10.0 Å². The molecule has 0 bridgehead atoms. The third-order valence-corrected chi connectivity index (χ3v) is 5.78. The number of fused-ring (bicyclic) bond motifs is 3. The van der Waals surface area contributed by atoms with Crippen molar-refractivity contribution in [3.63, 3.8) is 0 Å². The Morgan fingerprint density at radius 2 is 2.14 bits per heavy atom. The maximum Gasteiger partial charge on any atom is 0.267 e. The van der Waals surface area contributed by atoms with Gasteiger partial charge >= 0.3 is 0 Å². The van der Waals surface area contributed by atoms with Crippen LogP contribution in [0.25, 0.3) is 11.3 Å². The van der Waals surface area contributed by atoms with E-state index in [1.165, 1.54) is 25.6 Å². The molecule has 146 valence electrons. The number of aromatic nitrogens is 4. The van der Waals surface area contributed by atoms with Crippen LogP contribution in [0, 0.1) is 0 Å². The zero-order valence-electron chi connectivity index (χ0n) is 15.0. The van der Waals surface area contributed by atoms with Gasteiger partial charge in [0.25, 0.3) is 10.0 Å². The van der Waals surface area contributed by atoms with Crippen molar-refractivity contribution in [2.75, 3.05) is 18.4 Å². The minimum atomic E-state index is -4.01. The van der Waals surface area contributed by atoms with Crippen LogP contribution in [0.15, 0.2) is 41.7 Å². The first-order chi connectivity index (χ1) is 13.4. The Morgan fingerprint density at radius 3 is 2.93 bits per heavy atom. The van der Waals surface area contributed by atoms with E-state index in [-0.39, 0.29) is 27.5 Å². The van der Waals surface area contributed by atoms with Gasteiger partial charge in [0.1, 0.15) is 6.61 Å². The first kappa shape index (κ1) is 18.5. The van der Waals surface area contributed by atoms with Crippen molar-refractivity contribution >= 4 is 27.3 Å². The first-order valence-electron chi connectivity index (χ1n) is 8.28. The molecule has 3 aromatic heterocycles. The molecular formula is C17H16ClN5O4S. The van der Waals surface area contributed by atoms with Crippen LogP contribution < -0.4 is 14.2 Å². The zero-order valence-corrected chi connectivity index (χ0v) is 16.5. The van der Waals surface area contributed by atoms with Crippen LogP contribution in [0.3, 0.4) is 0 Å². The summed E-state index contributed by atoms with van der Waals surface area (Å²) in [6.45, 7) is 2.38. The molecule has 1 atom stereocenters. The van der Waals surface area contributed by atoms with Gasteiger partial charge in [-0.05, 0) is 25.1 Å². The minimum Gasteiger partial charge on any atom is -0.480 e. The summed E-state index contributed by atoms with van der Waals surface area (Å²) >= 11 is 5.90. The molecule has 0 aromatic carbocycles. The Kier molecular flexibility index (Phi) is 4.60. The fraction of sp³-hybridized carbons (Fsp3) is 0.235. The van der Waals surface area contributed by atoms with E-state index in [0.717, 1.165) is 5.69 Å². The summed E-state index contributed by atoms with van der Waals surface area (Å²) in [6, 6.07) is 4.76. The van der Waals surface area contributed by atoms with Gasteiger partial charge in [-0.1, -0.05) is 11.6 Å². The fourth-order valence-electron chi connectivity index (χ4n) is 2.92. The van der Waals surface area contributed by atoms with Crippen LogP contribution in [0.2, 0.25) is 5.02 Å². The van der Waals surface area contributed by atoms with E-state index in [1.54, 1.807) is 12.3 Å². The third kappa shape index (κ3) is 3.25. The van der Waals surface area contributed by atoms with Gasteiger partial charge in [0.15, 0.2) is 4.90 Å². The van der Waals surface area contributed by atoms with Gasteiger partial charge in [-0.15, -0.1) is 0 Å². The number of hydrogen-bond donors (Lipinski definition) is 1. The topological polar surface area (TPSA) is 108 Å². The van der Waals surface area contributed by atoms with Crippen LogP contribution in [-0.4, -0.2) is 41.9 Å². The Morgan fingerprint density at radius 1 is 1.32 bits per heavy atom. The number of sulfonamides is 1. The Hall–Kier alpha value is -2.85. The number of ether oxygens (including phenoxy) is 2. The molecule has 4 rings (SSSR count). The molecule has 1 aliphatic heterocycles. The van der Waals surface area contributed by atoms with Gasteiger partial charge in [-0.3, -0.25) is 9.40 Å². The second-order valence-electron chi connectivity index (χ2n) is 6.16. The number of anilines is 1. The van der Waals surface area contributed by atoms with Gasteiger partial charge in [0.2, 0.25) is 11.8 Å². The lowest BCUT2D eigenvalue weighted by Gasteiger charge is -2.12. The molecule has 0 saturated carbocycles. The summed E-state index contributed by atoms with van der Waals surface area (Å²) in [5.41, 5.74) is 1.68. The smallest absolute Gasteiger partial charge is 0.267 e. The highest BCUT2D eigenvalue weighted by atomic mass is 35.5. The van der Waals surface area contributed by atoms with Crippen LogP contribution in [0.1, 0.15) is 13.0 Å². The van der Waals surface area contributed by atoms with Crippen molar-refractivity contribution in [1.29, 1.82) is 0 Å². The summed E-state index contributed by atoms with van der Waals surface area (Å²) in [5.74, 6) is 0.353. The number of rotatable bonds is 4. The quantitative estimate of drug-likeness (QED) is 0.689. The van der Waals surface area contributed by atoms with Gasteiger partial charge in [-0.25, -0.2) is 18.4 Å². The van der Waals surface area contributed by atoms with Crippen LogP contribution in [0.4, 0.5) is 5.69 Å². The largest absolute Gasteiger partial charge is 0.480 e. The van der Waals surface area contributed by atoms with Crippen LogP contribution in [0.5, 0.6) is 11.8 Å². The van der Waals surface area contributed by atoms with Crippen LogP contribution >= 0.6 is 11.6 Å². The number of nitrogens with one attached hydrogen (secondary N) is 1. The van der Waals surface area contributed by atoms with E-state index in [1.807, 2.05) is 17.7 Å². The molecule has 11 heteroatoms. The highest BCUT2D eigenvalue weighted by molar-refractivity contribution is 7.92. The van der Waals surface area contributed by atoms with E-state index in [0.29, 0.717) is 18.1 Å². The highest BCUT2D eigenvalue weighted by Gasteiger charge is 2.25. The first-order valence-corrected chi connectivity index (χ1v) is 10.1. The zero-order chi connectivity index (χ0) is 19.9. The van der Waals surface area contributed by atoms with Gasteiger partial charge in [-0.2, -0.15) is 5.10 Å². The number of halogens is 1. The summed E-state index contributed by atoms with van der Waals surface area (Å²) in [7, 11) is -2.68. The molecule has 0 saturated heterocycles. The predicted molar refractivity (Wildman–Crippen MR) is 102 cm³/mol. The summed E-state index contributed by atoms with van der Waals surface area (Å²) < 4.78 is 40.8. The van der Waals surface area contributed by atoms with Gasteiger partial charge in [0.05, 0.1) is 41.3 Å². The number of nitrogens with zero attached hydrogens (tertiary/aromatic N) is 4. The lowest BCUT2D eigenvalue weighted by molar-refractivity contribution is 0.252. The Balaban J connectivity index is 1.74. The van der Waals surface area contributed by atoms with Crippen molar-refractivity contribution in [2.45, 2.75) is 17.9 Å². The molecule has 0 aliphatic carbocycles. The van der Waals surface area contributed by atoms with Crippen molar-refractivity contribution in [2.24, 2.45) is 0 Å². The van der Waals surface area contributed by atoms with Crippen molar-refractivity contribution in [1.82, 2.24) is 19.7 Å². The normalized spacial score (nSPS) is 15.8. The lowest BCUT2D eigenvalue weighted by atomic mass is 10.2. The predicted octanol–water partition coefficient (Wildman–Crippen LogP) is 2.76.